The van der Waals surface area contributed by atoms with E-state index >= 15 is 0 Å². The summed E-state index contributed by atoms with van der Waals surface area (Å²) in [6.45, 7) is 0. The highest BCUT2D eigenvalue weighted by Gasteiger charge is 2.16. The Morgan fingerprint density at radius 3 is 2.71 bits per heavy atom. The maximum Gasteiger partial charge on any atom is 0.152 e. The highest BCUT2D eigenvalue weighted by atomic mass is 127. The van der Waals surface area contributed by atoms with Crippen molar-refractivity contribution in [1.82, 2.24) is 8.96 Å². The Morgan fingerprint density at radius 2 is 1.96 bits per heavy atom. The summed E-state index contributed by atoms with van der Waals surface area (Å²) in [6.07, 6.45) is 4.66. The molecule has 0 fully saturated rings. The number of para-hydroxylation sites is 1. The van der Waals surface area contributed by atoms with E-state index in [0.29, 0.717) is 11.3 Å². The lowest BCUT2D eigenvalue weighted by Gasteiger charge is -2.08. The lowest BCUT2D eigenvalue weighted by atomic mass is 10.0. The van der Waals surface area contributed by atoms with Gasteiger partial charge in [-0.25, -0.2) is 4.98 Å². The van der Waals surface area contributed by atoms with Crippen molar-refractivity contribution in [3.63, 3.8) is 0 Å². The molecule has 0 bridgehead atoms. The van der Waals surface area contributed by atoms with E-state index in [4.69, 9.17) is 10.5 Å². The molecule has 4 rings (SSSR count). The maximum absolute atomic E-state index is 11.3. The minimum Gasteiger partial charge on any atom is -0.496 e. The quantitative estimate of drug-likeness (QED) is 0.219. The van der Waals surface area contributed by atoms with E-state index in [9.17, 15) is 4.79 Å². The van der Waals surface area contributed by atoms with E-state index in [2.05, 4.69) is 38.5 Å². The number of nitrogens with zero attached hydrogens (tertiary/aromatic N) is 2. The molecule has 0 saturated carbocycles. The molecule has 7 heteroatoms. The predicted octanol–water partition coefficient (Wildman–Crippen LogP) is 5.62. The largest absolute Gasteiger partial charge is 0.496 e. The number of aromatic nitrogens is 2. The number of carbonyl (C=O) groups excluding carboxylic acids is 1. The van der Waals surface area contributed by atoms with Gasteiger partial charge in [0.05, 0.1) is 7.11 Å². The summed E-state index contributed by atoms with van der Waals surface area (Å²) in [6, 6.07) is 15.5. The smallest absolute Gasteiger partial charge is 0.152 e. The zero-order chi connectivity index (χ0) is 19.7. The number of rotatable bonds is 5. The average molecular weight is 501 g/mol. The second-order valence-corrected chi connectivity index (χ2v) is 7.91. The van der Waals surface area contributed by atoms with Gasteiger partial charge in [-0.2, -0.15) is 0 Å². The van der Waals surface area contributed by atoms with Crippen molar-refractivity contribution in [2.24, 2.45) is 0 Å². The fraction of sp³-hybridized carbons (Fsp3) is 0.0476. The van der Waals surface area contributed by atoms with Gasteiger partial charge in [0.25, 0.3) is 0 Å². The Hall–Kier alpha value is -2.52. The van der Waals surface area contributed by atoms with Crippen LogP contribution in [0.4, 0.5) is 5.69 Å². The number of ether oxygens (including phenoxy) is 1. The van der Waals surface area contributed by atoms with Crippen LogP contribution in [0.5, 0.6) is 5.75 Å². The first-order chi connectivity index (χ1) is 13.7. The zero-order valence-corrected chi connectivity index (χ0v) is 17.9. The van der Waals surface area contributed by atoms with Gasteiger partial charge in [-0.05, 0) is 29.8 Å². The molecule has 0 atom stereocenters. The van der Waals surface area contributed by atoms with Gasteiger partial charge in [0.1, 0.15) is 5.75 Å². The van der Waals surface area contributed by atoms with Gasteiger partial charge in [-0.15, -0.1) is 0 Å². The highest BCUT2D eigenvalue weighted by Crippen LogP contribution is 2.39. The Morgan fingerprint density at radius 1 is 1.14 bits per heavy atom. The van der Waals surface area contributed by atoms with Crippen LogP contribution >= 0.6 is 30.3 Å². The number of pyridine rings is 1. The molecule has 2 aromatic heterocycles. The van der Waals surface area contributed by atoms with Crippen molar-refractivity contribution in [2.45, 2.75) is 0 Å². The average Bonchev–Trinajstić information content (AvgIpc) is 3.11. The number of aldehydes is 1. The van der Waals surface area contributed by atoms with Crippen LogP contribution in [-0.4, -0.2) is 22.4 Å². The van der Waals surface area contributed by atoms with E-state index in [1.807, 2.05) is 40.5 Å². The number of halogens is 1. The number of nitrogen functional groups attached to an aromatic ring is 1. The molecule has 2 aromatic carbocycles. The van der Waals surface area contributed by atoms with Crippen LogP contribution in [0.25, 0.3) is 33.3 Å². The number of methoxy groups -OCH3 is 1. The minimum absolute atomic E-state index is 0.468. The topological polar surface area (TPSA) is 70.1 Å². The van der Waals surface area contributed by atoms with Crippen molar-refractivity contribution in [3.05, 3.63) is 66.5 Å². The summed E-state index contributed by atoms with van der Waals surface area (Å²) < 4.78 is 7.59. The van der Waals surface area contributed by atoms with Gasteiger partial charge in [-0.1, -0.05) is 24.3 Å². The van der Waals surface area contributed by atoms with Gasteiger partial charge in [0, 0.05) is 76.0 Å². The van der Waals surface area contributed by atoms with E-state index in [0.717, 1.165) is 45.3 Å². The number of benzene rings is 2. The monoisotopic (exact) mass is 501 g/mol. The standard InChI is InChI=1S/C21H16IN3O2S/c1-27-20-5-3-2-4-16(20)18-11-25(28-22)21-17(18)9-14(10-24-21)13-6-7-19(23)15(8-13)12-26/h2-12H,23H2,1H3. The molecule has 0 aliphatic rings. The van der Waals surface area contributed by atoms with Crippen LogP contribution in [0.15, 0.2) is 60.9 Å². The first kappa shape index (κ1) is 18.8. The van der Waals surface area contributed by atoms with E-state index in [1.165, 1.54) is 0 Å². The first-order valence-electron chi connectivity index (χ1n) is 8.45. The summed E-state index contributed by atoms with van der Waals surface area (Å²) in [4.78, 5) is 15.9. The molecule has 0 radical (unpaired) electrons. The van der Waals surface area contributed by atoms with Crippen molar-refractivity contribution in [1.29, 1.82) is 0 Å². The summed E-state index contributed by atoms with van der Waals surface area (Å²) in [5.74, 6) is 0.807. The predicted molar refractivity (Wildman–Crippen MR) is 124 cm³/mol. The van der Waals surface area contributed by atoms with Gasteiger partial charge in [0.15, 0.2) is 11.9 Å². The molecule has 5 nitrogen and oxygen atoms in total. The molecule has 0 saturated heterocycles. The van der Waals surface area contributed by atoms with Crippen LogP contribution in [0.2, 0.25) is 0 Å². The second kappa shape index (κ2) is 7.84. The normalized spacial score (nSPS) is 10.9. The molecule has 28 heavy (non-hydrogen) atoms. The van der Waals surface area contributed by atoms with Crippen LogP contribution in [0.3, 0.4) is 0 Å². The summed E-state index contributed by atoms with van der Waals surface area (Å²) in [7, 11) is 3.23. The Labute approximate surface area is 178 Å². The number of nitrogens with two attached hydrogens (primary N) is 1. The van der Waals surface area contributed by atoms with Gasteiger partial charge in [-0.3, -0.25) is 8.77 Å². The third-order valence-electron chi connectivity index (χ3n) is 4.63. The lowest BCUT2D eigenvalue weighted by Crippen LogP contribution is -1.93. The molecular formula is C21H16IN3O2S. The molecule has 4 aromatic rings. The number of anilines is 1. The van der Waals surface area contributed by atoms with Crippen LogP contribution in [0.1, 0.15) is 10.4 Å². The molecule has 0 unspecified atom stereocenters. The fourth-order valence-corrected chi connectivity index (χ4v) is 4.48. The summed E-state index contributed by atoms with van der Waals surface area (Å²) in [5, 5.41) is 1.01. The van der Waals surface area contributed by atoms with E-state index < -0.39 is 0 Å². The molecule has 140 valence electrons. The first-order valence-corrected chi connectivity index (χ1v) is 11.8. The third kappa shape index (κ3) is 3.24. The molecule has 2 N–H and O–H groups in total. The van der Waals surface area contributed by atoms with Crippen LogP contribution in [-0.2, 0) is 0 Å². The van der Waals surface area contributed by atoms with Crippen molar-refractivity contribution < 1.29 is 9.53 Å². The number of carbonyl (C=O) groups is 1. The zero-order valence-electron chi connectivity index (χ0n) is 14.9. The number of hydrogen-bond acceptors (Lipinski definition) is 5. The fourth-order valence-electron chi connectivity index (χ4n) is 3.23. The summed E-state index contributed by atoms with van der Waals surface area (Å²) >= 11 is 2.24. The Bertz CT molecular complexity index is 1190. The van der Waals surface area contributed by atoms with Crippen molar-refractivity contribution >= 4 is 53.3 Å². The van der Waals surface area contributed by atoms with Gasteiger partial charge >= 0.3 is 0 Å². The SMILES string of the molecule is COc1ccccc1-c1cn(SI)c2ncc(-c3ccc(N)c(C=O)c3)cc12. The highest BCUT2D eigenvalue weighted by molar-refractivity contribution is 14.2. The third-order valence-corrected chi connectivity index (χ3v) is 6.33. The van der Waals surface area contributed by atoms with Crippen molar-refractivity contribution in [2.75, 3.05) is 12.8 Å². The minimum atomic E-state index is 0.468. The van der Waals surface area contributed by atoms with E-state index in [1.54, 1.807) is 28.4 Å². The van der Waals surface area contributed by atoms with E-state index in [-0.39, 0.29) is 0 Å². The van der Waals surface area contributed by atoms with Crippen molar-refractivity contribution in [3.8, 4) is 28.0 Å². The molecular weight excluding hydrogens is 485 g/mol. The second-order valence-electron chi connectivity index (χ2n) is 6.19. The number of fused-ring (bicyclic) bond motifs is 1. The Balaban J connectivity index is 1.95. The molecule has 0 aliphatic carbocycles. The lowest BCUT2D eigenvalue weighted by molar-refractivity contribution is 0.112. The van der Waals surface area contributed by atoms with Crippen LogP contribution < -0.4 is 10.5 Å². The Kier molecular flexibility index (Phi) is 5.27. The molecule has 2 heterocycles. The van der Waals surface area contributed by atoms with Gasteiger partial charge < -0.3 is 10.5 Å². The summed E-state index contributed by atoms with van der Waals surface area (Å²) in [5.41, 5.74) is 11.5. The van der Waals surface area contributed by atoms with Gasteiger partial charge in [0.2, 0.25) is 0 Å². The van der Waals surface area contributed by atoms with Crippen LogP contribution in [0, 0.1) is 0 Å². The maximum atomic E-state index is 11.3. The molecule has 0 amide bonds. The molecule has 0 spiro atoms. The molecule has 0 aliphatic heterocycles. The number of hydrogen-bond donors (Lipinski definition) is 1.